The molecule has 0 saturated heterocycles. The van der Waals surface area contributed by atoms with E-state index in [0.29, 0.717) is 0 Å². The van der Waals surface area contributed by atoms with Crippen LogP contribution in [0.2, 0.25) is 0 Å². The van der Waals surface area contributed by atoms with Crippen molar-refractivity contribution in [2.75, 3.05) is 0 Å². The van der Waals surface area contributed by atoms with Crippen molar-refractivity contribution < 1.29 is 0 Å². The van der Waals surface area contributed by atoms with E-state index < -0.39 is 0 Å². The maximum Gasteiger partial charge on any atom is 0.145 e. The number of benzene rings is 7. The van der Waals surface area contributed by atoms with Crippen molar-refractivity contribution in [3.05, 3.63) is 164 Å². The third-order valence-electron chi connectivity index (χ3n) is 9.40. The molecule has 0 unspecified atom stereocenters. The van der Waals surface area contributed by atoms with Gasteiger partial charge in [0.1, 0.15) is 5.82 Å². The molecule has 10 aromatic rings. The number of thiophene rings is 1. The smallest absolute Gasteiger partial charge is 0.145 e. The zero-order chi connectivity index (χ0) is 31.6. The number of hydrogen-bond acceptors (Lipinski definition) is 3. The fraction of sp³-hybridized carbons (Fsp3) is 0. The number of aromatic nitrogens is 3. The van der Waals surface area contributed by atoms with Gasteiger partial charge >= 0.3 is 0 Å². The van der Waals surface area contributed by atoms with Gasteiger partial charge < -0.3 is 0 Å². The summed E-state index contributed by atoms with van der Waals surface area (Å²) in [5, 5.41) is 6.28. The lowest BCUT2D eigenvalue weighted by Crippen LogP contribution is -1.97. The third-order valence-corrected chi connectivity index (χ3v) is 10.6. The second-order valence-corrected chi connectivity index (χ2v) is 13.2. The van der Waals surface area contributed by atoms with Gasteiger partial charge in [-0.2, -0.15) is 0 Å². The Labute approximate surface area is 281 Å². The lowest BCUT2D eigenvalue weighted by atomic mass is 9.96. The highest BCUT2D eigenvalue weighted by atomic mass is 32.1. The quantitative estimate of drug-likeness (QED) is 0.181. The Morgan fingerprint density at radius 3 is 2.00 bits per heavy atom. The number of pyridine rings is 1. The molecule has 0 amide bonds. The van der Waals surface area contributed by atoms with Gasteiger partial charge in [0.2, 0.25) is 0 Å². The first kappa shape index (κ1) is 27.1. The summed E-state index contributed by atoms with van der Waals surface area (Å²) in [4.78, 5) is 10.3. The van der Waals surface area contributed by atoms with Crippen LogP contribution >= 0.6 is 11.3 Å². The number of nitrogens with zero attached hydrogens (tertiary/aromatic N) is 3. The van der Waals surface area contributed by atoms with E-state index >= 15 is 0 Å². The van der Waals surface area contributed by atoms with Crippen molar-refractivity contribution >= 4 is 64.2 Å². The normalized spacial score (nSPS) is 11.8. The Hall–Kier alpha value is -6.10. The minimum absolute atomic E-state index is 0.932. The van der Waals surface area contributed by atoms with E-state index in [4.69, 9.17) is 9.97 Å². The molecule has 10 rings (SSSR count). The molecule has 4 heteroatoms. The number of rotatable bonds is 4. The first-order valence-electron chi connectivity index (χ1n) is 16.2. The summed E-state index contributed by atoms with van der Waals surface area (Å²) in [6.45, 7) is 0. The molecule has 0 bridgehead atoms. The minimum atomic E-state index is 0.932. The molecule has 0 spiro atoms. The molecular weight excluding hydrogens is 603 g/mol. The Morgan fingerprint density at radius 2 is 1.12 bits per heavy atom. The minimum Gasteiger partial charge on any atom is -0.292 e. The van der Waals surface area contributed by atoms with Gasteiger partial charge in [0, 0.05) is 53.1 Å². The molecule has 0 fully saturated rings. The van der Waals surface area contributed by atoms with Crippen LogP contribution in [-0.2, 0) is 0 Å². The van der Waals surface area contributed by atoms with E-state index in [0.717, 1.165) is 56.0 Å². The Bertz CT molecular complexity index is 2830. The molecule has 0 saturated carbocycles. The van der Waals surface area contributed by atoms with Crippen LogP contribution in [0.25, 0.3) is 92.3 Å². The number of imidazole rings is 1. The monoisotopic (exact) mass is 629 g/mol. The average molecular weight is 630 g/mol. The van der Waals surface area contributed by atoms with Crippen molar-refractivity contribution in [1.82, 2.24) is 14.5 Å². The molecule has 48 heavy (non-hydrogen) atoms. The standard InChI is InChI=1S/C44H27N3S/c1-2-13-32(14-3-1)47-39-19-8-7-18-38(39)46-44(47)29-23-21-28(22-24-29)30-11-10-12-31(27-30)42-36-26-25-34-33-15-5-9-20-40(33)48-43(34)41(36)35-16-4-6-17-37(35)45-42/h1-27H. The highest BCUT2D eigenvalue weighted by molar-refractivity contribution is 7.26. The summed E-state index contributed by atoms with van der Waals surface area (Å²) in [5.74, 6) is 0.932. The maximum absolute atomic E-state index is 5.28. The van der Waals surface area contributed by atoms with Gasteiger partial charge in [-0.25, -0.2) is 9.97 Å². The molecule has 0 aliphatic rings. The van der Waals surface area contributed by atoms with Crippen LogP contribution in [0.5, 0.6) is 0 Å². The molecule has 0 aliphatic heterocycles. The van der Waals surface area contributed by atoms with Crippen LogP contribution in [-0.4, -0.2) is 14.5 Å². The van der Waals surface area contributed by atoms with Crippen LogP contribution in [0.1, 0.15) is 0 Å². The number of hydrogen-bond donors (Lipinski definition) is 0. The van der Waals surface area contributed by atoms with Gasteiger partial charge in [0.25, 0.3) is 0 Å². The van der Waals surface area contributed by atoms with Crippen molar-refractivity contribution in [2.24, 2.45) is 0 Å². The average Bonchev–Trinajstić information content (AvgIpc) is 3.74. The highest BCUT2D eigenvalue weighted by Crippen LogP contribution is 2.43. The largest absolute Gasteiger partial charge is 0.292 e. The molecule has 3 heterocycles. The summed E-state index contributed by atoms with van der Waals surface area (Å²) < 4.78 is 4.88. The van der Waals surface area contributed by atoms with Gasteiger partial charge in [0.15, 0.2) is 0 Å². The van der Waals surface area contributed by atoms with Crippen molar-refractivity contribution in [3.8, 4) is 39.5 Å². The molecule has 0 N–H and O–H groups in total. The predicted molar refractivity (Wildman–Crippen MR) is 203 cm³/mol. The molecule has 3 nitrogen and oxygen atoms in total. The van der Waals surface area contributed by atoms with Gasteiger partial charge in [-0.05, 0) is 53.6 Å². The maximum atomic E-state index is 5.28. The van der Waals surface area contributed by atoms with Crippen LogP contribution in [0.4, 0.5) is 0 Å². The van der Waals surface area contributed by atoms with Crippen molar-refractivity contribution in [1.29, 1.82) is 0 Å². The summed E-state index contributed by atoms with van der Waals surface area (Å²) in [7, 11) is 0. The van der Waals surface area contributed by atoms with Crippen LogP contribution in [0, 0.1) is 0 Å². The van der Waals surface area contributed by atoms with E-state index in [-0.39, 0.29) is 0 Å². The SMILES string of the molecule is c1ccc(-n2c(-c3ccc(-c4cccc(-c5nc6ccccc6c6c5ccc5c7ccccc7sc56)c4)cc3)nc3ccccc32)cc1. The highest BCUT2D eigenvalue weighted by Gasteiger charge is 2.17. The third kappa shape index (κ3) is 4.20. The Morgan fingerprint density at radius 1 is 0.438 bits per heavy atom. The fourth-order valence-electron chi connectivity index (χ4n) is 7.15. The van der Waals surface area contributed by atoms with Gasteiger partial charge in [-0.1, -0.05) is 121 Å². The first-order valence-corrected chi connectivity index (χ1v) is 17.0. The summed E-state index contributed by atoms with van der Waals surface area (Å²) in [6.07, 6.45) is 0. The summed E-state index contributed by atoms with van der Waals surface area (Å²) in [6, 6.07) is 58.2. The lowest BCUT2D eigenvalue weighted by molar-refractivity contribution is 1.10. The molecule has 224 valence electrons. The molecule has 0 aliphatic carbocycles. The zero-order valence-electron chi connectivity index (χ0n) is 25.8. The van der Waals surface area contributed by atoms with E-state index in [1.165, 1.54) is 36.3 Å². The fourth-order valence-corrected chi connectivity index (χ4v) is 8.42. The van der Waals surface area contributed by atoms with Crippen LogP contribution < -0.4 is 0 Å². The molecule has 7 aromatic carbocycles. The first-order chi connectivity index (χ1) is 23.8. The predicted octanol–water partition coefficient (Wildman–Crippen LogP) is 12.1. The van der Waals surface area contributed by atoms with E-state index in [2.05, 4.69) is 156 Å². The van der Waals surface area contributed by atoms with E-state index in [1.807, 2.05) is 23.5 Å². The summed E-state index contributed by atoms with van der Waals surface area (Å²) in [5.41, 5.74) is 9.69. The zero-order valence-corrected chi connectivity index (χ0v) is 26.7. The topological polar surface area (TPSA) is 30.7 Å². The molecular formula is C44H27N3S. The van der Waals surface area contributed by atoms with Gasteiger partial charge in [-0.15, -0.1) is 11.3 Å². The molecule has 0 radical (unpaired) electrons. The van der Waals surface area contributed by atoms with Crippen molar-refractivity contribution in [3.63, 3.8) is 0 Å². The van der Waals surface area contributed by atoms with Crippen LogP contribution in [0.3, 0.4) is 0 Å². The number of para-hydroxylation sites is 4. The van der Waals surface area contributed by atoms with E-state index in [9.17, 15) is 0 Å². The Kier molecular flexibility index (Phi) is 6.05. The lowest BCUT2D eigenvalue weighted by Gasteiger charge is -2.13. The second kappa shape index (κ2) is 10.7. The van der Waals surface area contributed by atoms with E-state index in [1.54, 1.807) is 0 Å². The molecule has 3 aromatic heterocycles. The van der Waals surface area contributed by atoms with Gasteiger partial charge in [0.05, 0.1) is 22.2 Å². The summed E-state index contributed by atoms with van der Waals surface area (Å²) >= 11 is 1.88. The molecule has 0 atom stereocenters. The van der Waals surface area contributed by atoms with Gasteiger partial charge in [-0.3, -0.25) is 4.57 Å². The Balaban J connectivity index is 1.10. The van der Waals surface area contributed by atoms with Crippen molar-refractivity contribution in [2.45, 2.75) is 0 Å². The second-order valence-electron chi connectivity index (χ2n) is 12.2. The number of fused-ring (bicyclic) bond motifs is 8. The van der Waals surface area contributed by atoms with Crippen LogP contribution in [0.15, 0.2) is 164 Å².